The third kappa shape index (κ3) is 3.47. The second kappa shape index (κ2) is 7.14. The molecule has 6 nitrogen and oxygen atoms in total. The number of nitrogens with zero attached hydrogens (tertiary/aromatic N) is 3. The zero-order chi connectivity index (χ0) is 22.1. The van der Waals surface area contributed by atoms with Gasteiger partial charge in [-0.15, -0.1) is 0 Å². The summed E-state index contributed by atoms with van der Waals surface area (Å²) < 4.78 is 0. The molecule has 5 aliphatic rings. The maximum Gasteiger partial charge on any atom is 0.226 e. The van der Waals surface area contributed by atoms with Gasteiger partial charge in [-0.1, -0.05) is 12.1 Å². The highest BCUT2D eigenvalue weighted by Crippen LogP contribution is 2.57. The molecule has 1 aromatic carbocycles. The molecule has 4 aliphatic carbocycles. The van der Waals surface area contributed by atoms with E-state index in [0.29, 0.717) is 18.4 Å². The summed E-state index contributed by atoms with van der Waals surface area (Å²) in [5.41, 5.74) is 2.41. The first-order chi connectivity index (χ1) is 15.3. The van der Waals surface area contributed by atoms with Crippen LogP contribution in [0.15, 0.2) is 18.2 Å². The third-order valence-electron chi connectivity index (χ3n) is 8.52. The largest absolute Gasteiger partial charge is 0.390 e. The monoisotopic (exact) mass is 434 g/mol. The Kier molecular flexibility index (Phi) is 4.55. The Morgan fingerprint density at radius 2 is 1.94 bits per heavy atom. The number of aromatic nitrogens is 2. The quantitative estimate of drug-likeness (QED) is 0.771. The minimum absolute atomic E-state index is 0.0523. The molecule has 1 aliphatic heterocycles. The number of hydrogen-bond donors (Lipinski definition) is 2. The first-order valence-electron chi connectivity index (χ1n) is 12.3. The highest BCUT2D eigenvalue weighted by molar-refractivity contribution is 5.83. The molecule has 4 saturated carbocycles. The molecule has 32 heavy (non-hydrogen) atoms. The van der Waals surface area contributed by atoms with E-state index in [-0.39, 0.29) is 17.4 Å². The first kappa shape index (κ1) is 20.4. The predicted molar refractivity (Wildman–Crippen MR) is 124 cm³/mol. The van der Waals surface area contributed by atoms with Gasteiger partial charge in [-0.3, -0.25) is 4.79 Å². The van der Waals surface area contributed by atoms with Crippen molar-refractivity contribution >= 4 is 22.8 Å². The topological polar surface area (TPSA) is 78.4 Å². The van der Waals surface area contributed by atoms with Crippen molar-refractivity contribution in [2.24, 2.45) is 17.8 Å². The van der Waals surface area contributed by atoms with E-state index >= 15 is 0 Å². The average molecular weight is 435 g/mol. The van der Waals surface area contributed by atoms with Crippen LogP contribution in [-0.4, -0.2) is 45.2 Å². The van der Waals surface area contributed by atoms with Gasteiger partial charge in [0.25, 0.3) is 0 Å². The van der Waals surface area contributed by atoms with Crippen molar-refractivity contribution in [1.29, 1.82) is 0 Å². The number of hydrogen-bond acceptors (Lipinski definition) is 5. The Morgan fingerprint density at radius 3 is 2.69 bits per heavy atom. The molecule has 0 spiro atoms. The van der Waals surface area contributed by atoms with Gasteiger partial charge in [-0.2, -0.15) is 0 Å². The Morgan fingerprint density at radius 1 is 1.16 bits per heavy atom. The Balaban J connectivity index is 1.20. The molecule has 1 amide bonds. The van der Waals surface area contributed by atoms with Gasteiger partial charge in [0.1, 0.15) is 0 Å². The van der Waals surface area contributed by atoms with Crippen LogP contribution in [0.3, 0.4) is 0 Å². The minimum atomic E-state index is -0.551. The van der Waals surface area contributed by atoms with Gasteiger partial charge in [0.2, 0.25) is 11.9 Å². The molecule has 2 N–H and O–H groups in total. The van der Waals surface area contributed by atoms with Crippen LogP contribution >= 0.6 is 0 Å². The second-order valence-corrected chi connectivity index (χ2v) is 11.4. The summed E-state index contributed by atoms with van der Waals surface area (Å²) >= 11 is 0. The van der Waals surface area contributed by atoms with E-state index in [9.17, 15) is 9.90 Å². The van der Waals surface area contributed by atoms with Gasteiger partial charge in [-0.25, -0.2) is 9.97 Å². The number of rotatable bonds is 3. The van der Waals surface area contributed by atoms with E-state index in [2.05, 4.69) is 35.3 Å². The molecule has 2 heterocycles. The SMILES string of the molecule is Cc1ccc2c(C)nc(N3CCCC(C(=O)NC45CC6CC(CC(O)(C6)C4)C5)C3)nc2c1. The number of fused-ring (bicyclic) bond motifs is 1. The molecular formula is C26H34N4O2. The standard InChI is InChI=1S/C26H34N4O2/c1-16-5-6-21-17(2)27-24(28-22(21)8-16)30-7-3-4-20(14-30)23(31)29-25-10-18-9-19(11-25)13-26(32,12-18)15-25/h5-6,8,18-20,32H,3-4,7,9-15H2,1-2H3,(H,29,31). The van der Waals surface area contributed by atoms with E-state index in [1.807, 2.05) is 6.92 Å². The lowest BCUT2D eigenvalue weighted by atomic mass is 9.51. The Hall–Kier alpha value is -2.21. The van der Waals surface area contributed by atoms with E-state index < -0.39 is 5.60 Å². The highest BCUT2D eigenvalue weighted by Gasteiger charge is 2.57. The first-order valence-corrected chi connectivity index (χ1v) is 12.3. The van der Waals surface area contributed by atoms with Gasteiger partial charge < -0.3 is 15.3 Å². The number of carbonyl (C=O) groups is 1. The van der Waals surface area contributed by atoms with Crippen molar-refractivity contribution in [2.45, 2.75) is 76.4 Å². The summed E-state index contributed by atoms with van der Waals surface area (Å²) in [5, 5.41) is 15.6. The number of piperidine rings is 1. The molecular weight excluding hydrogens is 400 g/mol. The Bertz CT molecular complexity index is 1070. The van der Waals surface area contributed by atoms with Gasteiger partial charge in [0, 0.05) is 24.0 Å². The van der Waals surface area contributed by atoms with Gasteiger partial charge in [0.05, 0.1) is 22.7 Å². The van der Waals surface area contributed by atoms with E-state index in [1.54, 1.807) is 0 Å². The summed E-state index contributed by atoms with van der Waals surface area (Å²) in [5.74, 6) is 1.99. The summed E-state index contributed by atoms with van der Waals surface area (Å²) in [4.78, 5) is 25.3. The van der Waals surface area contributed by atoms with Crippen molar-refractivity contribution in [2.75, 3.05) is 18.0 Å². The predicted octanol–water partition coefficient (Wildman–Crippen LogP) is 3.66. The number of carbonyl (C=O) groups excluding carboxylic acids is 1. The number of benzene rings is 1. The molecule has 5 fully saturated rings. The molecule has 170 valence electrons. The lowest BCUT2D eigenvalue weighted by Gasteiger charge is -2.60. The fourth-order valence-electron chi connectivity index (χ4n) is 7.62. The van der Waals surface area contributed by atoms with E-state index in [1.165, 1.54) is 12.0 Å². The molecule has 1 aromatic heterocycles. The molecule has 0 radical (unpaired) electrons. The fourth-order valence-corrected chi connectivity index (χ4v) is 7.62. The Labute approximate surface area is 189 Å². The van der Waals surface area contributed by atoms with E-state index in [0.717, 1.165) is 74.0 Å². The van der Waals surface area contributed by atoms with Crippen LogP contribution in [0, 0.1) is 31.6 Å². The molecule has 6 heteroatoms. The van der Waals surface area contributed by atoms with Crippen LogP contribution in [0.1, 0.15) is 62.6 Å². The molecule has 4 bridgehead atoms. The zero-order valence-corrected chi connectivity index (χ0v) is 19.2. The third-order valence-corrected chi connectivity index (χ3v) is 8.52. The van der Waals surface area contributed by atoms with Gasteiger partial charge >= 0.3 is 0 Å². The smallest absolute Gasteiger partial charge is 0.226 e. The van der Waals surface area contributed by atoms with Crippen LogP contribution in [0.5, 0.6) is 0 Å². The maximum absolute atomic E-state index is 13.4. The molecule has 3 unspecified atom stereocenters. The second-order valence-electron chi connectivity index (χ2n) is 11.4. The summed E-state index contributed by atoms with van der Waals surface area (Å²) in [6.07, 6.45) is 7.78. The fraction of sp³-hybridized carbons (Fsp3) is 0.654. The highest BCUT2D eigenvalue weighted by atomic mass is 16.3. The average Bonchev–Trinajstić information content (AvgIpc) is 2.71. The summed E-state index contributed by atoms with van der Waals surface area (Å²) in [6, 6.07) is 6.30. The molecule has 3 atom stereocenters. The van der Waals surface area contributed by atoms with Gasteiger partial charge in [-0.05, 0) is 88.7 Å². The number of nitrogens with one attached hydrogen (secondary N) is 1. The van der Waals surface area contributed by atoms with Crippen LogP contribution in [0.25, 0.3) is 10.9 Å². The number of amides is 1. The summed E-state index contributed by atoms with van der Waals surface area (Å²) in [7, 11) is 0. The summed E-state index contributed by atoms with van der Waals surface area (Å²) in [6.45, 7) is 5.67. The van der Waals surface area contributed by atoms with Crippen LogP contribution < -0.4 is 10.2 Å². The molecule has 1 saturated heterocycles. The normalized spacial score (nSPS) is 36.0. The maximum atomic E-state index is 13.4. The van der Waals surface area contributed by atoms with Crippen molar-refractivity contribution in [3.63, 3.8) is 0 Å². The lowest BCUT2D eigenvalue weighted by molar-refractivity contribution is -0.152. The van der Waals surface area contributed by atoms with Crippen LogP contribution in [0.2, 0.25) is 0 Å². The van der Waals surface area contributed by atoms with Crippen molar-refractivity contribution in [3.8, 4) is 0 Å². The van der Waals surface area contributed by atoms with Crippen molar-refractivity contribution in [3.05, 3.63) is 29.5 Å². The molecule has 2 aromatic rings. The van der Waals surface area contributed by atoms with Gasteiger partial charge in [0.15, 0.2) is 0 Å². The number of aliphatic hydroxyl groups is 1. The number of aryl methyl sites for hydroxylation is 2. The minimum Gasteiger partial charge on any atom is -0.390 e. The van der Waals surface area contributed by atoms with Crippen molar-refractivity contribution < 1.29 is 9.90 Å². The zero-order valence-electron chi connectivity index (χ0n) is 19.2. The van der Waals surface area contributed by atoms with Crippen LogP contribution in [0.4, 0.5) is 5.95 Å². The number of anilines is 1. The van der Waals surface area contributed by atoms with Crippen LogP contribution in [-0.2, 0) is 4.79 Å². The molecule has 7 rings (SSSR count). The van der Waals surface area contributed by atoms with E-state index in [4.69, 9.17) is 9.97 Å². The lowest BCUT2D eigenvalue weighted by Crippen LogP contribution is -2.66. The van der Waals surface area contributed by atoms with Crippen molar-refractivity contribution in [1.82, 2.24) is 15.3 Å².